The monoisotopic (exact) mass is 436 g/mol. The van der Waals surface area contributed by atoms with Crippen molar-refractivity contribution in [3.63, 3.8) is 0 Å². The lowest BCUT2D eigenvalue weighted by atomic mass is 10.2. The Labute approximate surface area is 189 Å². The first kappa shape index (κ1) is 25.9. The fraction of sp³-hybridized carbons (Fsp3) is 0.750. The molecule has 0 bridgehead atoms. The van der Waals surface area contributed by atoms with Crippen molar-refractivity contribution in [2.24, 2.45) is 0 Å². The summed E-state index contributed by atoms with van der Waals surface area (Å²) in [7, 11) is 3.80. The summed E-state index contributed by atoms with van der Waals surface area (Å²) in [5.74, 6) is 1.42. The van der Waals surface area contributed by atoms with Crippen LogP contribution in [0.3, 0.4) is 0 Å². The molecule has 0 spiro atoms. The van der Waals surface area contributed by atoms with Gasteiger partial charge in [-0.2, -0.15) is 0 Å². The second-order valence-corrected chi connectivity index (χ2v) is 8.45. The van der Waals surface area contributed by atoms with Crippen molar-refractivity contribution < 1.29 is 14.6 Å². The van der Waals surface area contributed by atoms with E-state index in [-0.39, 0.29) is 6.61 Å². The van der Waals surface area contributed by atoms with Crippen LogP contribution in [0.4, 0.5) is 0 Å². The number of β-amino-alcohol motifs (C(OH)–C–C–N with tert-alkyl or cyclic N) is 1. The Bertz CT molecular complexity index is 619. The summed E-state index contributed by atoms with van der Waals surface area (Å²) in [6.07, 6.45) is -0.516. The summed E-state index contributed by atoms with van der Waals surface area (Å²) in [5.41, 5.74) is 1.20. The van der Waals surface area contributed by atoms with Gasteiger partial charge in [0.05, 0.1) is 7.11 Å². The number of aliphatic hydroxyl groups is 1. The lowest BCUT2D eigenvalue weighted by Crippen LogP contribution is -2.47. The highest BCUT2D eigenvalue weighted by atomic mass is 16.5. The first-order chi connectivity index (χ1) is 15.0. The maximum atomic E-state index is 10.5. The molecule has 7 heteroatoms. The van der Waals surface area contributed by atoms with Crippen LogP contribution in [-0.2, 0) is 6.54 Å². The minimum atomic E-state index is -0.516. The standard InChI is InChI=1S/C24H44N4O3/c1-6-26(7-2)15-16-27(8-3)18-21-9-10-23(30-5)24(17-21)31-20-22(29)19-28-13-11-25(4)12-14-28/h9-10,17,22,29H,6-8,11-16,18-20H2,1-5H3. The summed E-state index contributed by atoms with van der Waals surface area (Å²) in [4.78, 5) is 9.52. The molecule has 2 rings (SSSR count). The van der Waals surface area contributed by atoms with E-state index < -0.39 is 6.10 Å². The number of piperazine rings is 1. The van der Waals surface area contributed by atoms with Crippen molar-refractivity contribution >= 4 is 0 Å². The number of rotatable bonds is 14. The molecule has 1 saturated heterocycles. The summed E-state index contributed by atoms with van der Waals surface area (Å²) < 4.78 is 11.5. The van der Waals surface area contributed by atoms with Gasteiger partial charge in [-0.1, -0.05) is 26.8 Å². The van der Waals surface area contributed by atoms with Crippen LogP contribution >= 0.6 is 0 Å². The van der Waals surface area contributed by atoms with Crippen molar-refractivity contribution in [3.8, 4) is 11.5 Å². The van der Waals surface area contributed by atoms with Gasteiger partial charge in [-0.3, -0.25) is 9.80 Å². The zero-order chi connectivity index (χ0) is 22.6. The van der Waals surface area contributed by atoms with Gasteiger partial charge in [-0.25, -0.2) is 0 Å². The summed E-state index contributed by atoms with van der Waals surface area (Å²) in [6, 6.07) is 6.13. The van der Waals surface area contributed by atoms with E-state index in [2.05, 4.69) is 59.6 Å². The number of ether oxygens (including phenoxy) is 2. The SMILES string of the molecule is CCN(CC)CCN(CC)Cc1ccc(OC)c(OCC(O)CN2CCN(C)CC2)c1. The number of nitrogens with zero attached hydrogens (tertiary/aromatic N) is 4. The van der Waals surface area contributed by atoms with Crippen LogP contribution in [0.25, 0.3) is 0 Å². The molecule has 0 aliphatic carbocycles. The van der Waals surface area contributed by atoms with Crippen LogP contribution < -0.4 is 9.47 Å². The molecule has 1 heterocycles. The van der Waals surface area contributed by atoms with E-state index in [0.717, 1.165) is 65.4 Å². The Balaban J connectivity index is 1.90. The number of benzene rings is 1. The zero-order valence-electron chi connectivity index (χ0n) is 20.3. The maximum absolute atomic E-state index is 10.5. The van der Waals surface area contributed by atoms with Gasteiger partial charge < -0.3 is 24.4 Å². The highest BCUT2D eigenvalue weighted by molar-refractivity contribution is 5.43. The van der Waals surface area contributed by atoms with E-state index in [9.17, 15) is 5.11 Å². The van der Waals surface area contributed by atoms with E-state index in [1.54, 1.807) is 7.11 Å². The molecule has 1 aliphatic heterocycles. The molecule has 1 aromatic carbocycles. The number of methoxy groups -OCH3 is 1. The average molecular weight is 437 g/mol. The van der Waals surface area contributed by atoms with Crippen LogP contribution in [-0.4, -0.2) is 117 Å². The van der Waals surface area contributed by atoms with Crippen molar-refractivity contribution in [2.45, 2.75) is 33.4 Å². The lowest BCUT2D eigenvalue weighted by Gasteiger charge is -2.33. The third-order valence-corrected chi connectivity index (χ3v) is 6.20. The predicted molar refractivity (Wildman–Crippen MR) is 127 cm³/mol. The molecule has 0 saturated carbocycles. The largest absolute Gasteiger partial charge is 0.493 e. The molecule has 1 fully saturated rings. The second-order valence-electron chi connectivity index (χ2n) is 8.45. The van der Waals surface area contributed by atoms with E-state index in [0.29, 0.717) is 18.0 Å². The molecular weight excluding hydrogens is 392 g/mol. The Hall–Kier alpha value is -1.38. The van der Waals surface area contributed by atoms with Gasteiger partial charge in [0.2, 0.25) is 0 Å². The number of likely N-dealkylation sites (N-methyl/N-ethyl adjacent to an activating group) is 3. The van der Waals surface area contributed by atoms with Crippen LogP contribution in [0.1, 0.15) is 26.3 Å². The molecule has 1 aliphatic rings. The molecule has 0 aromatic heterocycles. The van der Waals surface area contributed by atoms with Gasteiger partial charge >= 0.3 is 0 Å². The van der Waals surface area contributed by atoms with Crippen molar-refractivity contribution in [1.82, 2.24) is 19.6 Å². The van der Waals surface area contributed by atoms with Crippen LogP contribution in [0, 0.1) is 0 Å². The third-order valence-electron chi connectivity index (χ3n) is 6.20. The number of aliphatic hydroxyl groups excluding tert-OH is 1. The molecule has 1 aromatic rings. The van der Waals surface area contributed by atoms with Gasteiger partial charge in [-0.15, -0.1) is 0 Å². The topological polar surface area (TPSA) is 51.7 Å². The van der Waals surface area contributed by atoms with E-state index in [4.69, 9.17) is 9.47 Å². The molecule has 7 nitrogen and oxygen atoms in total. The maximum Gasteiger partial charge on any atom is 0.161 e. The smallest absolute Gasteiger partial charge is 0.161 e. The first-order valence-electron chi connectivity index (χ1n) is 11.8. The van der Waals surface area contributed by atoms with E-state index in [1.165, 1.54) is 5.56 Å². The average Bonchev–Trinajstić information content (AvgIpc) is 2.79. The normalized spacial score (nSPS) is 16.8. The van der Waals surface area contributed by atoms with E-state index >= 15 is 0 Å². The quantitative estimate of drug-likeness (QED) is 0.478. The first-order valence-corrected chi connectivity index (χ1v) is 11.8. The Morgan fingerprint density at radius 2 is 1.61 bits per heavy atom. The van der Waals surface area contributed by atoms with Crippen molar-refractivity contribution in [1.29, 1.82) is 0 Å². The summed E-state index contributed by atoms with van der Waals surface area (Å²) in [5, 5.41) is 10.5. The fourth-order valence-corrected chi connectivity index (χ4v) is 3.93. The van der Waals surface area contributed by atoms with Gasteiger partial charge in [-0.05, 0) is 44.4 Å². The third kappa shape index (κ3) is 8.94. The van der Waals surface area contributed by atoms with Crippen LogP contribution in [0.2, 0.25) is 0 Å². The fourth-order valence-electron chi connectivity index (χ4n) is 3.93. The number of hydrogen-bond donors (Lipinski definition) is 1. The zero-order valence-corrected chi connectivity index (χ0v) is 20.3. The molecular formula is C24H44N4O3. The highest BCUT2D eigenvalue weighted by Gasteiger charge is 2.18. The minimum absolute atomic E-state index is 0.269. The molecule has 0 amide bonds. The van der Waals surface area contributed by atoms with Gasteiger partial charge in [0.25, 0.3) is 0 Å². The lowest BCUT2D eigenvalue weighted by molar-refractivity contribution is 0.0497. The molecule has 0 radical (unpaired) electrons. The summed E-state index contributed by atoms with van der Waals surface area (Å²) >= 11 is 0. The molecule has 178 valence electrons. The van der Waals surface area contributed by atoms with Gasteiger partial charge in [0, 0.05) is 52.4 Å². The molecule has 1 atom stereocenters. The van der Waals surface area contributed by atoms with Crippen LogP contribution in [0.5, 0.6) is 11.5 Å². The predicted octanol–water partition coefficient (Wildman–Crippen LogP) is 1.85. The molecule has 31 heavy (non-hydrogen) atoms. The summed E-state index contributed by atoms with van der Waals surface area (Å²) in [6.45, 7) is 17.8. The minimum Gasteiger partial charge on any atom is -0.493 e. The number of hydrogen-bond acceptors (Lipinski definition) is 7. The molecule has 1 unspecified atom stereocenters. The molecule has 1 N–H and O–H groups in total. The van der Waals surface area contributed by atoms with Crippen molar-refractivity contribution in [2.75, 3.05) is 86.2 Å². The van der Waals surface area contributed by atoms with Crippen LogP contribution in [0.15, 0.2) is 18.2 Å². The Morgan fingerprint density at radius 1 is 0.968 bits per heavy atom. The Morgan fingerprint density at radius 3 is 2.23 bits per heavy atom. The van der Waals surface area contributed by atoms with E-state index in [1.807, 2.05) is 6.07 Å². The van der Waals surface area contributed by atoms with Crippen molar-refractivity contribution in [3.05, 3.63) is 23.8 Å². The Kier molecular flexibility index (Phi) is 11.6. The van der Waals surface area contributed by atoms with Gasteiger partial charge in [0.15, 0.2) is 11.5 Å². The highest BCUT2D eigenvalue weighted by Crippen LogP contribution is 2.28. The second kappa shape index (κ2) is 13.9. The van der Waals surface area contributed by atoms with Gasteiger partial charge in [0.1, 0.15) is 12.7 Å².